The minimum Gasteiger partial charge on any atom is -0.356 e. The Morgan fingerprint density at radius 2 is 2.31 bits per heavy atom. The Kier molecular flexibility index (Phi) is 3.83. The van der Waals surface area contributed by atoms with Crippen LogP contribution in [0, 0.1) is 0 Å². The third-order valence-electron chi connectivity index (χ3n) is 2.55. The number of nitrogens with zero attached hydrogens (tertiary/aromatic N) is 1. The van der Waals surface area contributed by atoms with Gasteiger partial charge < -0.3 is 10.6 Å². The summed E-state index contributed by atoms with van der Waals surface area (Å²) >= 11 is 3.55. The number of aliphatic imine (C=N–C) groups is 1. The van der Waals surface area contributed by atoms with E-state index in [0.29, 0.717) is 6.04 Å². The average Bonchev–Trinajstić information content (AvgIpc) is 2.67. The Balaban J connectivity index is 1.78. The molecule has 1 atom stereocenters. The zero-order valence-corrected chi connectivity index (χ0v) is 10.9. The molecule has 86 valence electrons. The Morgan fingerprint density at radius 3 is 3.00 bits per heavy atom. The van der Waals surface area contributed by atoms with Gasteiger partial charge in [-0.15, -0.1) is 0 Å². The van der Waals surface area contributed by atoms with Crippen molar-refractivity contribution in [2.75, 3.05) is 13.1 Å². The number of halogens is 1. The fraction of sp³-hybridized carbons (Fsp3) is 0.417. The van der Waals surface area contributed by atoms with Gasteiger partial charge in [0.15, 0.2) is 5.96 Å². The number of hydrogen-bond donors (Lipinski definition) is 2. The highest BCUT2D eigenvalue weighted by molar-refractivity contribution is 9.10. The molecule has 1 unspecified atom stereocenters. The van der Waals surface area contributed by atoms with Crippen molar-refractivity contribution in [1.29, 1.82) is 0 Å². The Morgan fingerprint density at radius 1 is 1.50 bits per heavy atom. The van der Waals surface area contributed by atoms with Gasteiger partial charge in [-0.2, -0.15) is 0 Å². The summed E-state index contributed by atoms with van der Waals surface area (Å²) < 4.78 is 1.17. The molecule has 0 amide bonds. The van der Waals surface area contributed by atoms with Gasteiger partial charge in [0.25, 0.3) is 0 Å². The van der Waals surface area contributed by atoms with E-state index >= 15 is 0 Å². The monoisotopic (exact) mass is 281 g/mol. The first-order valence-corrected chi connectivity index (χ1v) is 6.33. The van der Waals surface area contributed by atoms with Crippen molar-refractivity contribution in [3.05, 3.63) is 34.3 Å². The van der Waals surface area contributed by atoms with Crippen LogP contribution in [0.2, 0.25) is 0 Å². The minimum atomic E-state index is 0.464. The molecule has 0 aliphatic carbocycles. The van der Waals surface area contributed by atoms with E-state index in [-0.39, 0.29) is 0 Å². The molecule has 3 nitrogen and oxygen atoms in total. The van der Waals surface area contributed by atoms with Gasteiger partial charge in [0.2, 0.25) is 0 Å². The summed E-state index contributed by atoms with van der Waals surface area (Å²) in [5.74, 6) is 0.930. The molecule has 0 bridgehead atoms. The lowest BCUT2D eigenvalue weighted by atomic mass is 10.1. The molecule has 1 aromatic carbocycles. The third-order valence-corrected chi connectivity index (χ3v) is 3.32. The molecule has 0 saturated carbocycles. The number of guanidine groups is 1. The topological polar surface area (TPSA) is 36.4 Å². The van der Waals surface area contributed by atoms with Crippen LogP contribution >= 0.6 is 15.9 Å². The zero-order chi connectivity index (χ0) is 11.4. The van der Waals surface area contributed by atoms with Crippen molar-refractivity contribution in [3.63, 3.8) is 0 Å². The second kappa shape index (κ2) is 5.34. The molecule has 2 rings (SSSR count). The summed E-state index contributed by atoms with van der Waals surface area (Å²) in [7, 11) is 0. The molecule has 1 aliphatic heterocycles. The molecule has 1 heterocycles. The Hall–Kier alpha value is -1.03. The van der Waals surface area contributed by atoms with Crippen LogP contribution in [0.4, 0.5) is 0 Å². The molecule has 1 aromatic rings. The second-order valence-electron chi connectivity index (χ2n) is 4.00. The second-order valence-corrected chi connectivity index (χ2v) is 4.86. The molecular weight excluding hydrogens is 266 g/mol. The van der Waals surface area contributed by atoms with Gasteiger partial charge >= 0.3 is 0 Å². The van der Waals surface area contributed by atoms with Crippen LogP contribution in [0.1, 0.15) is 12.5 Å². The lowest BCUT2D eigenvalue weighted by molar-refractivity contribution is 0.712. The summed E-state index contributed by atoms with van der Waals surface area (Å²) in [6.07, 6.45) is 0.997. The van der Waals surface area contributed by atoms with Crippen LogP contribution in [0.3, 0.4) is 0 Å². The van der Waals surface area contributed by atoms with Crippen LogP contribution in [0.5, 0.6) is 0 Å². The SMILES string of the molecule is CC1CN=C(NCCc2ccccc2Br)N1. The molecule has 0 spiro atoms. The Bertz CT molecular complexity index is 390. The van der Waals surface area contributed by atoms with Crippen molar-refractivity contribution in [2.45, 2.75) is 19.4 Å². The summed E-state index contributed by atoms with van der Waals surface area (Å²) in [5, 5.41) is 6.59. The van der Waals surface area contributed by atoms with Gasteiger partial charge in [-0.05, 0) is 25.0 Å². The number of nitrogens with one attached hydrogen (secondary N) is 2. The first-order chi connectivity index (χ1) is 7.75. The summed E-state index contributed by atoms with van der Waals surface area (Å²) in [4.78, 5) is 4.35. The quantitative estimate of drug-likeness (QED) is 0.888. The molecular formula is C12H16BrN3. The normalized spacial score (nSPS) is 19.1. The van der Waals surface area contributed by atoms with Gasteiger partial charge in [0.1, 0.15) is 0 Å². The van der Waals surface area contributed by atoms with E-state index in [9.17, 15) is 0 Å². The number of rotatable bonds is 3. The molecule has 1 aliphatic rings. The molecule has 0 radical (unpaired) electrons. The van der Waals surface area contributed by atoms with E-state index in [1.807, 2.05) is 6.07 Å². The third kappa shape index (κ3) is 2.98. The van der Waals surface area contributed by atoms with E-state index in [2.05, 4.69) is 56.7 Å². The summed E-state index contributed by atoms with van der Waals surface area (Å²) in [6.45, 7) is 3.91. The zero-order valence-electron chi connectivity index (χ0n) is 9.33. The lowest BCUT2D eigenvalue weighted by Gasteiger charge is -2.09. The fourth-order valence-corrected chi connectivity index (χ4v) is 2.16. The van der Waals surface area contributed by atoms with Crippen molar-refractivity contribution in [1.82, 2.24) is 10.6 Å². The van der Waals surface area contributed by atoms with Crippen molar-refractivity contribution < 1.29 is 0 Å². The number of benzene rings is 1. The van der Waals surface area contributed by atoms with Gasteiger partial charge in [0.05, 0.1) is 6.54 Å². The standard InChI is InChI=1S/C12H16BrN3/c1-9-8-15-12(16-9)14-7-6-10-4-2-3-5-11(10)13/h2-5,9H,6-8H2,1H3,(H2,14,15,16). The maximum absolute atomic E-state index is 4.35. The van der Waals surface area contributed by atoms with Crippen LogP contribution < -0.4 is 10.6 Å². The molecule has 4 heteroatoms. The Labute approximate surface area is 104 Å². The maximum Gasteiger partial charge on any atom is 0.191 e. The van der Waals surface area contributed by atoms with E-state index in [1.54, 1.807) is 0 Å². The fourth-order valence-electron chi connectivity index (χ4n) is 1.68. The van der Waals surface area contributed by atoms with E-state index in [1.165, 1.54) is 10.0 Å². The van der Waals surface area contributed by atoms with Gasteiger partial charge in [-0.25, -0.2) is 0 Å². The molecule has 0 saturated heterocycles. The van der Waals surface area contributed by atoms with E-state index in [4.69, 9.17) is 0 Å². The van der Waals surface area contributed by atoms with Crippen LogP contribution in [0.15, 0.2) is 33.7 Å². The van der Waals surface area contributed by atoms with Gasteiger partial charge in [0, 0.05) is 17.1 Å². The van der Waals surface area contributed by atoms with Crippen molar-refractivity contribution >= 4 is 21.9 Å². The first-order valence-electron chi connectivity index (χ1n) is 5.54. The van der Waals surface area contributed by atoms with Crippen LogP contribution in [-0.4, -0.2) is 25.1 Å². The van der Waals surface area contributed by atoms with E-state index in [0.717, 1.165) is 25.5 Å². The first kappa shape index (κ1) is 11.5. The predicted octanol–water partition coefficient (Wildman–Crippen LogP) is 1.93. The summed E-state index contributed by atoms with van der Waals surface area (Å²) in [6, 6.07) is 8.77. The molecule has 2 N–H and O–H groups in total. The minimum absolute atomic E-state index is 0.464. The molecule has 0 fully saturated rings. The van der Waals surface area contributed by atoms with Crippen molar-refractivity contribution in [2.24, 2.45) is 4.99 Å². The van der Waals surface area contributed by atoms with Gasteiger partial charge in [-0.1, -0.05) is 34.1 Å². The lowest BCUT2D eigenvalue weighted by Crippen LogP contribution is -2.38. The van der Waals surface area contributed by atoms with Gasteiger partial charge in [-0.3, -0.25) is 4.99 Å². The molecule has 16 heavy (non-hydrogen) atoms. The number of hydrogen-bond acceptors (Lipinski definition) is 3. The highest BCUT2D eigenvalue weighted by atomic mass is 79.9. The highest BCUT2D eigenvalue weighted by Gasteiger charge is 2.11. The van der Waals surface area contributed by atoms with E-state index < -0.39 is 0 Å². The average molecular weight is 282 g/mol. The largest absolute Gasteiger partial charge is 0.356 e. The van der Waals surface area contributed by atoms with Crippen LogP contribution in [-0.2, 0) is 6.42 Å². The van der Waals surface area contributed by atoms with Crippen molar-refractivity contribution in [3.8, 4) is 0 Å². The van der Waals surface area contributed by atoms with Crippen LogP contribution in [0.25, 0.3) is 0 Å². The highest BCUT2D eigenvalue weighted by Crippen LogP contribution is 2.15. The summed E-state index contributed by atoms with van der Waals surface area (Å²) in [5.41, 5.74) is 1.32. The molecule has 0 aromatic heterocycles. The smallest absolute Gasteiger partial charge is 0.191 e. The maximum atomic E-state index is 4.35. The predicted molar refractivity (Wildman–Crippen MR) is 70.7 cm³/mol.